The Balaban J connectivity index is 3.05. The van der Waals surface area contributed by atoms with E-state index in [9.17, 15) is 4.79 Å². The summed E-state index contributed by atoms with van der Waals surface area (Å²) in [7, 11) is 0. The third kappa shape index (κ3) is 5.91. The Kier molecular flexibility index (Phi) is 6.74. The predicted octanol–water partition coefficient (Wildman–Crippen LogP) is 1.46. The first kappa shape index (κ1) is 9.78. The maximum atomic E-state index is 10.6. The molecule has 0 aromatic carbocycles. The highest BCUT2D eigenvalue weighted by Gasteiger charge is 1.97. The van der Waals surface area contributed by atoms with E-state index in [2.05, 4.69) is 29.6 Å². The fourth-order valence-corrected chi connectivity index (χ4v) is 0.739. The van der Waals surface area contributed by atoms with Crippen LogP contribution in [-0.4, -0.2) is 5.91 Å². The molecule has 1 N–H and O–H groups in total. The highest BCUT2D eigenvalue weighted by atomic mass is 32.1. The van der Waals surface area contributed by atoms with E-state index in [4.69, 9.17) is 0 Å². The molecule has 1 amide bonds. The minimum Gasteiger partial charge on any atom is -0.273 e. The summed E-state index contributed by atoms with van der Waals surface area (Å²) in [4.78, 5) is 10.6. The Morgan fingerprint density at radius 3 is 2.80 bits per heavy atom. The fraction of sp³-hybridized carbons (Fsp3) is 0.833. The number of carbonyl (C=O) groups is 1. The second-order valence-corrected chi connectivity index (χ2v) is 2.26. The number of hydrogen-bond donors (Lipinski definition) is 2. The van der Waals surface area contributed by atoms with Gasteiger partial charge in [0.15, 0.2) is 0 Å². The normalized spacial score (nSPS) is 9.40. The summed E-state index contributed by atoms with van der Waals surface area (Å²) in [5, 5.41) is 0. The Hall–Kier alpha value is -0.220. The van der Waals surface area contributed by atoms with Gasteiger partial charge in [-0.25, -0.2) is 9.76 Å². The van der Waals surface area contributed by atoms with Crippen LogP contribution in [0.5, 0.6) is 0 Å². The molecular weight excluding hydrogens is 150 g/mol. The van der Waals surface area contributed by atoms with Gasteiger partial charge in [-0.2, -0.15) is 0 Å². The molecule has 0 aliphatic heterocycles. The molecule has 4 heteroatoms. The SMILES string of the molecule is CCCCCC(=O)NOS. The summed E-state index contributed by atoms with van der Waals surface area (Å²) in [6.45, 7) is 2.09. The molecule has 0 aromatic heterocycles. The van der Waals surface area contributed by atoms with Crippen LogP contribution in [0.25, 0.3) is 0 Å². The number of rotatable bonds is 5. The van der Waals surface area contributed by atoms with E-state index >= 15 is 0 Å². The van der Waals surface area contributed by atoms with Crippen molar-refractivity contribution in [3.63, 3.8) is 0 Å². The average Bonchev–Trinajstić information content (AvgIpc) is 1.89. The van der Waals surface area contributed by atoms with Crippen molar-refractivity contribution >= 4 is 18.8 Å². The monoisotopic (exact) mass is 163 g/mol. The van der Waals surface area contributed by atoms with E-state index in [1.165, 1.54) is 0 Å². The van der Waals surface area contributed by atoms with Crippen molar-refractivity contribution in [2.45, 2.75) is 32.6 Å². The van der Waals surface area contributed by atoms with Crippen LogP contribution in [0.2, 0.25) is 0 Å². The van der Waals surface area contributed by atoms with Crippen LogP contribution in [0.1, 0.15) is 32.6 Å². The van der Waals surface area contributed by atoms with E-state index in [1.807, 2.05) is 0 Å². The third-order valence-corrected chi connectivity index (χ3v) is 1.26. The first-order valence-corrected chi connectivity index (χ1v) is 3.77. The quantitative estimate of drug-likeness (QED) is 0.279. The van der Waals surface area contributed by atoms with Crippen molar-refractivity contribution in [2.24, 2.45) is 0 Å². The zero-order valence-electron chi connectivity index (χ0n) is 6.09. The van der Waals surface area contributed by atoms with Crippen molar-refractivity contribution < 1.29 is 9.08 Å². The van der Waals surface area contributed by atoms with Crippen LogP contribution < -0.4 is 5.48 Å². The van der Waals surface area contributed by atoms with Gasteiger partial charge in [0, 0.05) is 19.3 Å². The molecule has 0 heterocycles. The van der Waals surface area contributed by atoms with Gasteiger partial charge in [0.05, 0.1) is 0 Å². The van der Waals surface area contributed by atoms with E-state index in [0.717, 1.165) is 19.3 Å². The highest BCUT2D eigenvalue weighted by Crippen LogP contribution is 1.97. The zero-order chi connectivity index (χ0) is 7.82. The number of amides is 1. The van der Waals surface area contributed by atoms with Gasteiger partial charge in [0.2, 0.25) is 5.91 Å². The molecule has 10 heavy (non-hydrogen) atoms. The van der Waals surface area contributed by atoms with Gasteiger partial charge in [0.25, 0.3) is 0 Å². The summed E-state index contributed by atoms with van der Waals surface area (Å²) in [6, 6.07) is 0. The number of nitrogens with one attached hydrogen (secondary N) is 1. The summed E-state index contributed by atoms with van der Waals surface area (Å²) >= 11 is 3.37. The van der Waals surface area contributed by atoms with Gasteiger partial charge in [-0.3, -0.25) is 4.79 Å². The van der Waals surface area contributed by atoms with Crippen molar-refractivity contribution in [2.75, 3.05) is 0 Å². The molecule has 0 bridgehead atoms. The largest absolute Gasteiger partial charge is 0.273 e. The van der Waals surface area contributed by atoms with Gasteiger partial charge in [-0.15, -0.1) is 0 Å². The van der Waals surface area contributed by atoms with Crippen LogP contribution in [0, 0.1) is 0 Å². The molecule has 0 aromatic rings. The van der Waals surface area contributed by atoms with Crippen LogP contribution in [0.15, 0.2) is 0 Å². The molecular formula is C6H13NO2S. The summed E-state index contributed by atoms with van der Waals surface area (Å²) in [6.07, 6.45) is 3.64. The first-order chi connectivity index (χ1) is 4.81. The summed E-state index contributed by atoms with van der Waals surface area (Å²) in [5.41, 5.74) is 2.13. The fourth-order valence-electron chi connectivity index (χ4n) is 0.637. The molecule has 0 atom stereocenters. The Morgan fingerprint density at radius 1 is 1.60 bits per heavy atom. The molecule has 0 aliphatic rings. The lowest BCUT2D eigenvalue weighted by molar-refractivity contribution is -0.127. The number of thiol groups is 1. The lowest BCUT2D eigenvalue weighted by atomic mass is 10.2. The van der Waals surface area contributed by atoms with E-state index < -0.39 is 0 Å². The molecule has 0 fully saturated rings. The van der Waals surface area contributed by atoms with Crippen LogP contribution >= 0.6 is 12.9 Å². The standard InChI is InChI=1S/C6H13NO2S/c1-2-3-4-5-6(8)7-9-10/h10H,2-5H2,1H3,(H,7,8). The van der Waals surface area contributed by atoms with E-state index in [-0.39, 0.29) is 5.91 Å². The molecule has 60 valence electrons. The molecule has 0 aliphatic carbocycles. The van der Waals surface area contributed by atoms with E-state index in [0.29, 0.717) is 6.42 Å². The van der Waals surface area contributed by atoms with Crippen molar-refractivity contribution in [1.29, 1.82) is 0 Å². The lowest BCUT2D eigenvalue weighted by Gasteiger charge is -1.98. The number of unbranched alkanes of at least 4 members (excludes halogenated alkanes) is 2. The topological polar surface area (TPSA) is 38.3 Å². The Bertz CT molecular complexity index is 97.7. The Morgan fingerprint density at radius 2 is 2.30 bits per heavy atom. The molecule has 0 spiro atoms. The van der Waals surface area contributed by atoms with Crippen molar-refractivity contribution in [3.05, 3.63) is 0 Å². The van der Waals surface area contributed by atoms with Crippen LogP contribution in [0.3, 0.4) is 0 Å². The Labute approximate surface area is 66.7 Å². The van der Waals surface area contributed by atoms with Gasteiger partial charge < -0.3 is 0 Å². The number of carbonyl (C=O) groups excluding carboxylic acids is 1. The van der Waals surface area contributed by atoms with E-state index in [1.54, 1.807) is 0 Å². The third-order valence-electron chi connectivity index (χ3n) is 1.17. The number of hydrogen-bond acceptors (Lipinski definition) is 3. The summed E-state index contributed by atoms with van der Waals surface area (Å²) in [5.74, 6) is -0.108. The molecule has 0 unspecified atom stereocenters. The second-order valence-electron chi connectivity index (χ2n) is 2.07. The number of hydroxylamine groups is 1. The summed E-state index contributed by atoms with van der Waals surface area (Å²) < 4.78 is 4.13. The smallest absolute Gasteiger partial charge is 0.244 e. The second kappa shape index (κ2) is 6.89. The molecule has 0 saturated heterocycles. The molecule has 0 rings (SSSR count). The van der Waals surface area contributed by atoms with Gasteiger partial charge in [-0.05, 0) is 6.42 Å². The zero-order valence-corrected chi connectivity index (χ0v) is 6.99. The first-order valence-electron chi connectivity index (χ1n) is 3.40. The van der Waals surface area contributed by atoms with Gasteiger partial charge >= 0.3 is 0 Å². The molecule has 0 radical (unpaired) electrons. The lowest BCUT2D eigenvalue weighted by Crippen LogP contribution is -2.19. The average molecular weight is 163 g/mol. The predicted molar refractivity (Wildman–Crippen MR) is 42.4 cm³/mol. The highest BCUT2D eigenvalue weighted by molar-refractivity contribution is 7.75. The van der Waals surface area contributed by atoms with Gasteiger partial charge in [0.1, 0.15) is 0 Å². The van der Waals surface area contributed by atoms with Gasteiger partial charge in [-0.1, -0.05) is 19.8 Å². The molecule has 3 nitrogen and oxygen atoms in total. The van der Waals surface area contributed by atoms with Crippen LogP contribution in [-0.2, 0) is 9.08 Å². The maximum Gasteiger partial charge on any atom is 0.244 e. The van der Waals surface area contributed by atoms with Crippen LogP contribution in [0.4, 0.5) is 0 Å². The maximum absolute atomic E-state index is 10.6. The minimum atomic E-state index is -0.108. The van der Waals surface area contributed by atoms with Crippen molar-refractivity contribution in [1.82, 2.24) is 5.48 Å². The minimum absolute atomic E-state index is 0.108. The molecule has 0 saturated carbocycles. The van der Waals surface area contributed by atoms with Crippen molar-refractivity contribution in [3.8, 4) is 0 Å².